The Morgan fingerprint density at radius 1 is 1.03 bits per heavy atom. The van der Waals surface area contributed by atoms with Crippen molar-refractivity contribution < 1.29 is 5.11 Å². The standard InChI is InChI=1S/C23H28N8O/c1-14(2)19-20-21(31-30-19)22(29-23(28-20)27-12-17(24)13-32)26-11-15-6-8-16(9-7-15)18-5-3-4-10-25-18/h3-10,14,17,32H,11-13,24H2,1-2H3,(H,30,31)(H2,26,27,28,29). The minimum atomic E-state index is -0.391. The van der Waals surface area contributed by atoms with Gasteiger partial charge in [-0.25, -0.2) is 4.98 Å². The number of nitrogens with zero attached hydrogens (tertiary/aromatic N) is 4. The minimum absolute atomic E-state index is 0.113. The first-order valence-electron chi connectivity index (χ1n) is 10.7. The number of aliphatic hydroxyl groups is 1. The zero-order chi connectivity index (χ0) is 22.5. The van der Waals surface area contributed by atoms with Crippen LogP contribution in [0.15, 0.2) is 48.7 Å². The zero-order valence-corrected chi connectivity index (χ0v) is 18.2. The normalized spacial score (nSPS) is 12.3. The highest BCUT2D eigenvalue weighted by atomic mass is 16.3. The highest BCUT2D eigenvalue weighted by Crippen LogP contribution is 2.27. The van der Waals surface area contributed by atoms with E-state index in [1.165, 1.54) is 0 Å². The topological polar surface area (TPSA) is 138 Å². The molecule has 3 heterocycles. The van der Waals surface area contributed by atoms with Crippen LogP contribution in [0.2, 0.25) is 0 Å². The Balaban J connectivity index is 1.56. The summed E-state index contributed by atoms with van der Waals surface area (Å²) in [5.41, 5.74) is 11.3. The first kappa shape index (κ1) is 21.7. The summed E-state index contributed by atoms with van der Waals surface area (Å²) in [5.74, 6) is 1.30. The Bertz CT molecular complexity index is 1160. The smallest absolute Gasteiger partial charge is 0.225 e. The molecule has 0 fully saturated rings. The highest BCUT2D eigenvalue weighted by Gasteiger charge is 2.17. The van der Waals surface area contributed by atoms with Crippen molar-refractivity contribution in [3.05, 3.63) is 59.9 Å². The van der Waals surface area contributed by atoms with Gasteiger partial charge >= 0.3 is 0 Å². The molecule has 0 radical (unpaired) electrons. The van der Waals surface area contributed by atoms with E-state index in [-0.39, 0.29) is 12.5 Å². The predicted octanol–water partition coefficient (Wildman–Crippen LogP) is 2.88. The molecular formula is C23H28N8O. The number of nitrogens with one attached hydrogen (secondary N) is 3. The number of nitrogens with two attached hydrogens (primary N) is 1. The van der Waals surface area contributed by atoms with Crippen LogP contribution in [0.3, 0.4) is 0 Å². The van der Waals surface area contributed by atoms with Crippen molar-refractivity contribution in [3.63, 3.8) is 0 Å². The third-order valence-electron chi connectivity index (χ3n) is 5.14. The van der Waals surface area contributed by atoms with Crippen molar-refractivity contribution in [2.45, 2.75) is 32.4 Å². The summed E-state index contributed by atoms with van der Waals surface area (Å²) >= 11 is 0. The Morgan fingerprint density at radius 3 is 2.53 bits per heavy atom. The second-order valence-corrected chi connectivity index (χ2v) is 7.97. The molecule has 1 unspecified atom stereocenters. The van der Waals surface area contributed by atoms with Crippen molar-refractivity contribution in [3.8, 4) is 11.3 Å². The van der Waals surface area contributed by atoms with Crippen LogP contribution in [0.25, 0.3) is 22.3 Å². The number of anilines is 2. The molecule has 1 aromatic carbocycles. The molecule has 1 atom stereocenters. The number of hydrogen-bond acceptors (Lipinski definition) is 8. The second-order valence-electron chi connectivity index (χ2n) is 7.97. The van der Waals surface area contributed by atoms with Gasteiger partial charge in [-0.3, -0.25) is 10.1 Å². The number of aromatic amines is 1. The van der Waals surface area contributed by atoms with Crippen molar-refractivity contribution in [1.29, 1.82) is 0 Å². The molecule has 9 heteroatoms. The Labute approximate surface area is 186 Å². The van der Waals surface area contributed by atoms with Gasteiger partial charge in [0.25, 0.3) is 0 Å². The summed E-state index contributed by atoms with van der Waals surface area (Å²) in [4.78, 5) is 13.6. The Morgan fingerprint density at radius 2 is 1.84 bits per heavy atom. The first-order valence-corrected chi connectivity index (χ1v) is 10.7. The largest absolute Gasteiger partial charge is 0.395 e. The molecule has 4 aromatic rings. The second kappa shape index (κ2) is 9.71. The third kappa shape index (κ3) is 4.84. The zero-order valence-electron chi connectivity index (χ0n) is 18.2. The summed E-state index contributed by atoms with van der Waals surface area (Å²) in [6.07, 6.45) is 1.79. The van der Waals surface area contributed by atoms with Crippen LogP contribution in [-0.2, 0) is 6.54 Å². The molecule has 0 aliphatic rings. The maximum atomic E-state index is 9.19. The van der Waals surface area contributed by atoms with Crippen LogP contribution in [0.5, 0.6) is 0 Å². The molecular weight excluding hydrogens is 404 g/mol. The third-order valence-corrected chi connectivity index (χ3v) is 5.14. The lowest BCUT2D eigenvalue weighted by Gasteiger charge is -2.12. The molecule has 4 rings (SSSR count). The highest BCUT2D eigenvalue weighted by molar-refractivity contribution is 5.88. The Kier molecular flexibility index (Phi) is 6.58. The van der Waals surface area contributed by atoms with Crippen LogP contribution >= 0.6 is 0 Å². The number of aromatic nitrogens is 5. The first-order chi connectivity index (χ1) is 15.5. The number of pyridine rings is 1. The van der Waals surface area contributed by atoms with Crippen LogP contribution in [0.1, 0.15) is 31.0 Å². The van der Waals surface area contributed by atoms with Gasteiger partial charge in [0.1, 0.15) is 5.52 Å². The van der Waals surface area contributed by atoms with E-state index in [4.69, 9.17) is 5.73 Å². The van der Waals surface area contributed by atoms with Gasteiger partial charge in [-0.15, -0.1) is 0 Å². The molecule has 166 valence electrons. The van der Waals surface area contributed by atoms with Gasteiger partial charge in [-0.1, -0.05) is 44.2 Å². The lowest BCUT2D eigenvalue weighted by atomic mass is 10.1. The maximum Gasteiger partial charge on any atom is 0.225 e. The van der Waals surface area contributed by atoms with Gasteiger partial charge in [-0.05, 0) is 23.6 Å². The van der Waals surface area contributed by atoms with Crippen molar-refractivity contribution in [2.24, 2.45) is 5.73 Å². The predicted molar refractivity (Wildman–Crippen MR) is 126 cm³/mol. The maximum absolute atomic E-state index is 9.19. The van der Waals surface area contributed by atoms with Gasteiger partial charge in [-0.2, -0.15) is 10.1 Å². The van der Waals surface area contributed by atoms with Crippen molar-refractivity contribution in [2.75, 3.05) is 23.8 Å². The minimum Gasteiger partial charge on any atom is -0.395 e. The number of benzene rings is 1. The van der Waals surface area contributed by atoms with Crippen LogP contribution in [-0.4, -0.2) is 49.4 Å². The molecule has 9 nitrogen and oxygen atoms in total. The number of H-pyrrole nitrogens is 1. The van der Waals surface area contributed by atoms with Gasteiger partial charge < -0.3 is 21.5 Å². The molecule has 3 aromatic heterocycles. The molecule has 0 bridgehead atoms. The SMILES string of the molecule is CC(C)c1[nH]nc2c(NCc3ccc(-c4ccccn4)cc3)nc(NCC(N)CO)nc12. The lowest BCUT2D eigenvalue weighted by molar-refractivity contribution is 0.270. The number of fused-ring (bicyclic) bond motifs is 1. The summed E-state index contributed by atoms with van der Waals surface area (Å²) < 4.78 is 0. The van der Waals surface area contributed by atoms with E-state index in [1.807, 2.05) is 18.2 Å². The van der Waals surface area contributed by atoms with Crippen LogP contribution in [0.4, 0.5) is 11.8 Å². The van der Waals surface area contributed by atoms with E-state index in [0.29, 0.717) is 30.4 Å². The van der Waals surface area contributed by atoms with Gasteiger partial charge in [0.2, 0.25) is 5.95 Å². The molecule has 0 aliphatic carbocycles. The summed E-state index contributed by atoms with van der Waals surface area (Å²) in [5, 5.41) is 23.2. The van der Waals surface area contributed by atoms with E-state index >= 15 is 0 Å². The van der Waals surface area contributed by atoms with E-state index in [9.17, 15) is 5.11 Å². The number of rotatable bonds is 9. The monoisotopic (exact) mass is 432 g/mol. The van der Waals surface area contributed by atoms with E-state index in [0.717, 1.165) is 28.0 Å². The van der Waals surface area contributed by atoms with Crippen LogP contribution < -0.4 is 16.4 Å². The molecule has 6 N–H and O–H groups in total. The van der Waals surface area contributed by atoms with E-state index < -0.39 is 6.04 Å². The number of hydrogen-bond donors (Lipinski definition) is 5. The van der Waals surface area contributed by atoms with Crippen molar-refractivity contribution >= 4 is 22.8 Å². The average molecular weight is 433 g/mol. The summed E-state index contributed by atoms with van der Waals surface area (Å²) in [7, 11) is 0. The molecule has 0 aliphatic heterocycles. The van der Waals surface area contributed by atoms with Gasteiger partial charge in [0, 0.05) is 30.9 Å². The Hall–Kier alpha value is -3.56. The van der Waals surface area contributed by atoms with Gasteiger partial charge in [0.05, 0.1) is 18.0 Å². The van der Waals surface area contributed by atoms with E-state index in [1.54, 1.807) is 6.20 Å². The fourth-order valence-corrected chi connectivity index (χ4v) is 3.32. The van der Waals surface area contributed by atoms with Gasteiger partial charge in [0.15, 0.2) is 11.3 Å². The number of aliphatic hydroxyl groups excluding tert-OH is 1. The molecule has 0 spiro atoms. The van der Waals surface area contributed by atoms with Crippen LogP contribution in [0, 0.1) is 0 Å². The fourth-order valence-electron chi connectivity index (χ4n) is 3.32. The lowest BCUT2D eigenvalue weighted by Crippen LogP contribution is -2.32. The van der Waals surface area contributed by atoms with Crippen molar-refractivity contribution in [1.82, 2.24) is 25.1 Å². The molecule has 0 saturated heterocycles. The summed E-state index contributed by atoms with van der Waals surface area (Å²) in [6, 6.07) is 13.7. The quantitative estimate of drug-likeness (QED) is 0.272. The molecule has 0 amide bonds. The summed E-state index contributed by atoms with van der Waals surface area (Å²) in [6.45, 7) is 5.00. The van der Waals surface area contributed by atoms with E-state index in [2.05, 4.69) is 73.9 Å². The molecule has 32 heavy (non-hydrogen) atoms. The fraction of sp³-hybridized carbons (Fsp3) is 0.304. The average Bonchev–Trinajstić information content (AvgIpc) is 3.26. The molecule has 0 saturated carbocycles.